The summed E-state index contributed by atoms with van der Waals surface area (Å²) in [6.45, 7) is 4.03. The largest absolute Gasteiger partial charge is 0.468 e. The molecule has 5 nitrogen and oxygen atoms in total. The van der Waals surface area contributed by atoms with Crippen molar-refractivity contribution < 1.29 is 9.53 Å². The molecule has 3 rings (SSSR count). The van der Waals surface area contributed by atoms with Crippen LogP contribution in [0.5, 0.6) is 0 Å². The van der Waals surface area contributed by atoms with Gasteiger partial charge in [-0.1, -0.05) is 60.3 Å². The number of hydrogen-bond acceptors (Lipinski definition) is 5. The number of carbonyl (C=O) groups is 1. The molecule has 1 atom stereocenters. The highest BCUT2D eigenvalue weighted by atomic mass is 32.2. The second-order valence-corrected chi connectivity index (χ2v) is 6.62. The molecule has 0 amide bonds. The molecule has 0 N–H and O–H groups in total. The lowest BCUT2D eigenvalue weighted by molar-refractivity contribution is -0.140. The number of thioether (sulfide) groups is 1. The first-order valence-electron chi connectivity index (χ1n) is 8.05. The minimum Gasteiger partial charge on any atom is -0.468 e. The molecule has 132 valence electrons. The highest BCUT2D eigenvalue weighted by molar-refractivity contribution is 8.00. The third-order valence-corrected chi connectivity index (χ3v) is 5.10. The molecular weight excluding hydrogens is 348 g/mol. The van der Waals surface area contributed by atoms with E-state index in [1.54, 1.807) is 24.3 Å². The summed E-state index contributed by atoms with van der Waals surface area (Å²) >= 11 is 1.20. The first-order chi connectivity index (χ1) is 12.7. The van der Waals surface area contributed by atoms with Gasteiger partial charge in [0.05, 0.1) is 18.0 Å². The number of hydrogen-bond donors (Lipinski definition) is 0. The summed E-state index contributed by atoms with van der Waals surface area (Å²) in [5.41, 5.74) is 1.23. The van der Waals surface area contributed by atoms with Gasteiger partial charge in [0.1, 0.15) is 5.25 Å². The van der Waals surface area contributed by atoms with Crippen LogP contribution in [0, 0.1) is 0 Å². The van der Waals surface area contributed by atoms with Crippen LogP contribution in [0.3, 0.4) is 0 Å². The van der Waals surface area contributed by atoms with Gasteiger partial charge in [-0.3, -0.25) is 14.2 Å². The lowest BCUT2D eigenvalue weighted by Crippen LogP contribution is -2.24. The molecule has 6 heteroatoms. The van der Waals surface area contributed by atoms with Crippen molar-refractivity contribution in [1.29, 1.82) is 0 Å². The van der Waals surface area contributed by atoms with Gasteiger partial charge in [-0.05, 0) is 17.7 Å². The molecule has 0 aliphatic carbocycles. The quantitative estimate of drug-likeness (QED) is 0.289. The second kappa shape index (κ2) is 8.01. The molecule has 1 heterocycles. The predicted octanol–water partition coefficient (Wildman–Crippen LogP) is 3.59. The first-order valence-corrected chi connectivity index (χ1v) is 8.93. The van der Waals surface area contributed by atoms with Gasteiger partial charge in [-0.25, -0.2) is 4.98 Å². The van der Waals surface area contributed by atoms with Gasteiger partial charge in [0.15, 0.2) is 5.16 Å². The van der Waals surface area contributed by atoms with Crippen LogP contribution in [-0.2, 0) is 16.1 Å². The molecule has 0 spiro atoms. The zero-order valence-corrected chi connectivity index (χ0v) is 15.1. The minimum absolute atomic E-state index is 0.158. The molecule has 0 aliphatic heterocycles. The Bertz CT molecular complexity index is 999. The SMILES string of the molecule is C=CCn1c(SC(C(=O)OC)c2ccccc2)nc2ccccc2c1=O. The van der Waals surface area contributed by atoms with Crippen molar-refractivity contribution in [2.24, 2.45) is 0 Å². The summed E-state index contributed by atoms with van der Waals surface area (Å²) in [5.74, 6) is -0.395. The van der Waals surface area contributed by atoms with Gasteiger partial charge in [0.2, 0.25) is 0 Å². The number of allylic oxidation sites excluding steroid dienone is 1. The number of ether oxygens (including phenoxy) is 1. The molecule has 1 unspecified atom stereocenters. The van der Waals surface area contributed by atoms with Gasteiger partial charge in [0, 0.05) is 6.54 Å². The number of carbonyl (C=O) groups excluding carboxylic acids is 1. The maximum Gasteiger partial charge on any atom is 0.323 e. The number of methoxy groups -OCH3 is 1. The fraction of sp³-hybridized carbons (Fsp3) is 0.150. The van der Waals surface area contributed by atoms with Crippen molar-refractivity contribution >= 4 is 28.6 Å². The summed E-state index contributed by atoms with van der Waals surface area (Å²) in [5, 5.41) is 0.367. The standard InChI is InChI=1S/C20H18N2O3S/c1-3-13-22-18(23)15-11-7-8-12-16(15)21-20(22)26-17(19(24)25-2)14-9-5-4-6-10-14/h3-12,17H,1,13H2,2H3. The molecule has 0 aliphatic rings. The Morgan fingerprint density at radius 1 is 1.23 bits per heavy atom. The van der Waals surface area contributed by atoms with E-state index < -0.39 is 11.2 Å². The Morgan fingerprint density at radius 2 is 1.92 bits per heavy atom. The number of aromatic nitrogens is 2. The third kappa shape index (κ3) is 3.55. The van der Waals surface area contributed by atoms with E-state index in [2.05, 4.69) is 11.6 Å². The maximum atomic E-state index is 12.8. The zero-order chi connectivity index (χ0) is 18.5. The summed E-state index contributed by atoms with van der Waals surface area (Å²) in [6, 6.07) is 16.5. The van der Waals surface area contributed by atoms with Gasteiger partial charge in [0.25, 0.3) is 5.56 Å². The molecule has 0 radical (unpaired) electrons. The van der Waals surface area contributed by atoms with Crippen LogP contribution in [0.4, 0.5) is 0 Å². The summed E-state index contributed by atoms with van der Waals surface area (Å²) in [7, 11) is 1.35. The van der Waals surface area contributed by atoms with Crippen LogP contribution >= 0.6 is 11.8 Å². The fourth-order valence-corrected chi connectivity index (χ4v) is 3.75. The van der Waals surface area contributed by atoms with E-state index in [1.165, 1.54) is 23.4 Å². The number of benzene rings is 2. The molecule has 0 saturated heterocycles. The highest BCUT2D eigenvalue weighted by Crippen LogP contribution is 2.35. The second-order valence-electron chi connectivity index (χ2n) is 5.55. The van der Waals surface area contributed by atoms with E-state index in [1.807, 2.05) is 36.4 Å². The molecule has 26 heavy (non-hydrogen) atoms. The average Bonchev–Trinajstić information content (AvgIpc) is 2.69. The van der Waals surface area contributed by atoms with Gasteiger partial charge in [-0.2, -0.15) is 0 Å². The summed E-state index contributed by atoms with van der Waals surface area (Å²) in [6.07, 6.45) is 1.64. The van der Waals surface area contributed by atoms with Crippen LogP contribution < -0.4 is 5.56 Å². The van der Waals surface area contributed by atoms with Crippen molar-refractivity contribution in [3.8, 4) is 0 Å². The van der Waals surface area contributed by atoms with E-state index in [0.717, 1.165) is 5.56 Å². The summed E-state index contributed by atoms with van der Waals surface area (Å²) in [4.78, 5) is 29.8. The first kappa shape index (κ1) is 17.9. The van der Waals surface area contributed by atoms with Crippen molar-refractivity contribution in [2.75, 3.05) is 7.11 Å². The fourth-order valence-electron chi connectivity index (χ4n) is 2.62. The number of para-hydroxylation sites is 1. The Labute approximate surface area is 155 Å². The van der Waals surface area contributed by atoms with Crippen molar-refractivity contribution in [2.45, 2.75) is 17.0 Å². The minimum atomic E-state index is -0.620. The van der Waals surface area contributed by atoms with Gasteiger partial charge < -0.3 is 4.74 Å². The maximum absolute atomic E-state index is 12.8. The Morgan fingerprint density at radius 3 is 2.62 bits per heavy atom. The van der Waals surface area contributed by atoms with E-state index in [-0.39, 0.29) is 5.56 Å². The lowest BCUT2D eigenvalue weighted by Gasteiger charge is -2.17. The Balaban J connectivity index is 2.13. The molecule has 1 aromatic heterocycles. The van der Waals surface area contributed by atoms with E-state index >= 15 is 0 Å². The summed E-state index contributed by atoms with van der Waals surface area (Å²) < 4.78 is 6.49. The number of esters is 1. The molecule has 0 bridgehead atoms. The van der Waals surface area contributed by atoms with Crippen LogP contribution in [0.25, 0.3) is 10.9 Å². The van der Waals surface area contributed by atoms with Gasteiger partial charge in [-0.15, -0.1) is 6.58 Å². The van der Waals surface area contributed by atoms with Crippen molar-refractivity contribution in [3.63, 3.8) is 0 Å². The molecular formula is C20H18N2O3S. The average molecular weight is 366 g/mol. The predicted molar refractivity (Wildman–Crippen MR) is 103 cm³/mol. The number of fused-ring (bicyclic) bond motifs is 1. The van der Waals surface area contributed by atoms with Crippen molar-refractivity contribution in [1.82, 2.24) is 9.55 Å². The third-order valence-electron chi connectivity index (χ3n) is 3.88. The number of nitrogens with zero attached hydrogens (tertiary/aromatic N) is 2. The molecule has 3 aromatic rings. The Hall–Kier alpha value is -2.86. The van der Waals surface area contributed by atoms with Crippen LogP contribution in [0.15, 0.2) is 77.2 Å². The Kier molecular flexibility index (Phi) is 5.53. The zero-order valence-electron chi connectivity index (χ0n) is 14.3. The normalized spacial score (nSPS) is 11.9. The molecule has 2 aromatic carbocycles. The van der Waals surface area contributed by atoms with Crippen LogP contribution in [0.1, 0.15) is 10.8 Å². The smallest absolute Gasteiger partial charge is 0.323 e. The molecule has 0 saturated carbocycles. The van der Waals surface area contributed by atoms with E-state index in [9.17, 15) is 9.59 Å². The van der Waals surface area contributed by atoms with E-state index in [0.29, 0.717) is 22.6 Å². The van der Waals surface area contributed by atoms with Gasteiger partial charge >= 0.3 is 5.97 Å². The van der Waals surface area contributed by atoms with Crippen LogP contribution in [0.2, 0.25) is 0 Å². The van der Waals surface area contributed by atoms with E-state index in [4.69, 9.17) is 4.74 Å². The van der Waals surface area contributed by atoms with Crippen LogP contribution in [-0.4, -0.2) is 22.6 Å². The highest BCUT2D eigenvalue weighted by Gasteiger charge is 2.25. The molecule has 0 fully saturated rings. The topological polar surface area (TPSA) is 61.2 Å². The van der Waals surface area contributed by atoms with Crippen molar-refractivity contribution in [3.05, 3.63) is 83.2 Å². The lowest BCUT2D eigenvalue weighted by atomic mass is 10.1. The monoisotopic (exact) mass is 366 g/mol. The number of rotatable bonds is 6.